The Morgan fingerprint density at radius 3 is 2.54 bits per heavy atom. The van der Waals surface area contributed by atoms with E-state index in [0.717, 1.165) is 23.0 Å². The van der Waals surface area contributed by atoms with Crippen LogP contribution in [0.1, 0.15) is 16.1 Å². The van der Waals surface area contributed by atoms with Gasteiger partial charge in [-0.2, -0.15) is 27.1 Å². The number of nitrogens with zero attached hydrogens (tertiary/aromatic N) is 2. The van der Waals surface area contributed by atoms with E-state index in [-0.39, 0.29) is 5.69 Å². The van der Waals surface area contributed by atoms with Crippen molar-refractivity contribution in [3.05, 3.63) is 41.5 Å². The topological polar surface area (TPSA) is 56.2 Å². The monoisotopic (exact) mass is 353 g/mol. The van der Waals surface area contributed by atoms with Crippen LogP contribution in [0, 0.1) is 5.82 Å². The third-order valence-electron chi connectivity index (χ3n) is 2.75. The maximum atomic E-state index is 13.5. The van der Waals surface area contributed by atoms with E-state index in [1.807, 2.05) is 5.32 Å². The number of aryl methyl sites for hydroxylation is 1. The van der Waals surface area contributed by atoms with Crippen LogP contribution in [0.2, 0.25) is 0 Å². The average molecular weight is 353 g/mol. The summed E-state index contributed by atoms with van der Waals surface area (Å²) >= 11 is 0. The minimum Gasteiger partial charge on any atom is -0.432 e. The van der Waals surface area contributed by atoms with Crippen molar-refractivity contribution in [3.8, 4) is 5.75 Å². The Balaban J connectivity index is 2.23. The summed E-state index contributed by atoms with van der Waals surface area (Å²) in [5.41, 5.74) is -2.41. The number of halogens is 6. The Bertz CT molecular complexity index is 757. The third kappa shape index (κ3) is 3.97. The highest BCUT2D eigenvalue weighted by molar-refractivity contribution is 6.05. The molecular weight excluding hydrogens is 344 g/mol. The zero-order chi connectivity index (χ0) is 18.1. The Labute approximate surface area is 130 Å². The van der Waals surface area contributed by atoms with Crippen LogP contribution >= 0.6 is 0 Å². The second-order valence-corrected chi connectivity index (χ2v) is 4.54. The molecule has 0 aliphatic heterocycles. The van der Waals surface area contributed by atoms with E-state index >= 15 is 0 Å². The molecule has 5 nitrogen and oxygen atoms in total. The molecule has 11 heteroatoms. The predicted molar refractivity (Wildman–Crippen MR) is 69.2 cm³/mol. The maximum absolute atomic E-state index is 13.5. The van der Waals surface area contributed by atoms with Gasteiger partial charge in [0, 0.05) is 25.0 Å². The molecule has 0 saturated heterocycles. The second kappa shape index (κ2) is 6.42. The zero-order valence-corrected chi connectivity index (χ0v) is 11.9. The fourth-order valence-electron chi connectivity index (χ4n) is 1.83. The van der Waals surface area contributed by atoms with Crippen molar-refractivity contribution in [2.24, 2.45) is 7.05 Å². The minimum atomic E-state index is -4.85. The van der Waals surface area contributed by atoms with Crippen LogP contribution in [0.3, 0.4) is 0 Å². The SMILES string of the molecule is Cn1cc(C(=O)Nc2ccc(OC(F)F)c(F)c2)c(C(F)(F)F)n1. The van der Waals surface area contributed by atoms with E-state index in [4.69, 9.17) is 0 Å². The number of carbonyl (C=O) groups excluding carboxylic acids is 1. The Kier molecular flexibility index (Phi) is 4.71. The highest BCUT2D eigenvalue weighted by Gasteiger charge is 2.39. The number of anilines is 1. The van der Waals surface area contributed by atoms with Crippen LogP contribution in [0.25, 0.3) is 0 Å². The van der Waals surface area contributed by atoms with Gasteiger partial charge in [0.05, 0.1) is 5.56 Å². The molecule has 0 spiro atoms. The smallest absolute Gasteiger partial charge is 0.432 e. The van der Waals surface area contributed by atoms with Crippen molar-refractivity contribution in [2.45, 2.75) is 12.8 Å². The molecule has 0 aliphatic rings. The van der Waals surface area contributed by atoms with Crippen LogP contribution in [-0.2, 0) is 13.2 Å². The summed E-state index contributed by atoms with van der Waals surface area (Å²) in [5.74, 6) is -3.16. The Hall–Kier alpha value is -2.72. The number of hydrogen-bond acceptors (Lipinski definition) is 3. The number of nitrogens with one attached hydrogen (secondary N) is 1. The van der Waals surface area contributed by atoms with Crippen LogP contribution in [0.4, 0.5) is 32.0 Å². The fourth-order valence-corrected chi connectivity index (χ4v) is 1.83. The number of ether oxygens (including phenoxy) is 1. The van der Waals surface area contributed by atoms with Crippen molar-refractivity contribution in [3.63, 3.8) is 0 Å². The predicted octanol–water partition coefficient (Wildman–Crippen LogP) is 3.43. The molecule has 0 bridgehead atoms. The molecule has 24 heavy (non-hydrogen) atoms. The van der Waals surface area contributed by atoms with Gasteiger partial charge in [0.1, 0.15) is 0 Å². The van der Waals surface area contributed by atoms with Gasteiger partial charge in [-0.3, -0.25) is 9.48 Å². The second-order valence-electron chi connectivity index (χ2n) is 4.54. The lowest BCUT2D eigenvalue weighted by Crippen LogP contribution is -2.18. The minimum absolute atomic E-state index is 0.240. The van der Waals surface area contributed by atoms with Crippen molar-refractivity contribution in [1.82, 2.24) is 9.78 Å². The van der Waals surface area contributed by atoms with Gasteiger partial charge in [-0.1, -0.05) is 0 Å². The highest BCUT2D eigenvalue weighted by Crippen LogP contribution is 2.31. The summed E-state index contributed by atoms with van der Waals surface area (Å²) in [6, 6.07) is 2.45. The molecule has 1 heterocycles. The Morgan fingerprint density at radius 1 is 1.33 bits per heavy atom. The van der Waals surface area contributed by atoms with E-state index in [1.54, 1.807) is 0 Å². The molecule has 2 rings (SSSR count). The quantitative estimate of drug-likeness (QED) is 0.857. The number of amides is 1. The lowest BCUT2D eigenvalue weighted by molar-refractivity contribution is -0.141. The zero-order valence-electron chi connectivity index (χ0n) is 11.9. The van der Waals surface area contributed by atoms with Gasteiger partial charge < -0.3 is 10.1 Å². The van der Waals surface area contributed by atoms with Gasteiger partial charge in [0.15, 0.2) is 17.3 Å². The van der Waals surface area contributed by atoms with Crippen LogP contribution in [0.5, 0.6) is 5.75 Å². The van der Waals surface area contributed by atoms with Gasteiger partial charge in [-0.25, -0.2) is 4.39 Å². The van der Waals surface area contributed by atoms with Gasteiger partial charge >= 0.3 is 12.8 Å². The van der Waals surface area contributed by atoms with Crippen molar-refractivity contribution >= 4 is 11.6 Å². The molecule has 1 amide bonds. The lowest BCUT2D eigenvalue weighted by atomic mass is 10.2. The van der Waals surface area contributed by atoms with E-state index in [9.17, 15) is 31.1 Å². The van der Waals surface area contributed by atoms with Crippen molar-refractivity contribution < 1.29 is 35.9 Å². The summed E-state index contributed by atoms with van der Waals surface area (Å²) < 4.78 is 80.6. The van der Waals surface area contributed by atoms with Crippen LogP contribution < -0.4 is 10.1 Å². The highest BCUT2D eigenvalue weighted by atomic mass is 19.4. The molecule has 1 aromatic heterocycles. The third-order valence-corrected chi connectivity index (χ3v) is 2.75. The number of aromatic nitrogens is 2. The normalized spacial score (nSPS) is 11.7. The molecular formula is C13H9F6N3O2. The molecule has 1 N–H and O–H groups in total. The van der Waals surface area contributed by atoms with Gasteiger partial charge in [-0.15, -0.1) is 0 Å². The van der Waals surface area contributed by atoms with Gasteiger partial charge in [0.25, 0.3) is 5.91 Å². The van der Waals surface area contributed by atoms with E-state index in [0.29, 0.717) is 6.07 Å². The number of hydrogen-bond donors (Lipinski definition) is 1. The summed E-state index contributed by atoms with van der Waals surface area (Å²) in [6.07, 6.45) is -4.00. The first kappa shape index (κ1) is 17.6. The fraction of sp³-hybridized carbons (Fsp3) is 0.231. The van der Waals surface area contributed by atoms with Gasteiger partial charge in [0.2, 0.25) is 0 Å². The first-order valence-corrected chi connectivity index (χ1v) is 6.24. The number of alkyl halides is 5. The van der Waals surface area contributed by atoms with Gasteiger partial charge in [-0.05, 0) is 12.1 Å². The molecule has 0 aliphatic carbocycles. The van der Waals surface area contributed by atoms with Crippen LogP contribution in [-0.4, -0.2) is 22.3 Å². The first-order chi connectivity index (χ1) is 11.1. The Morgan fingerprint density at radius 2 is 2.00 bits per heavy atom. The van der Waals surface area contributed by atoms with E-state index in [1.165, 1.54) is 7.05 Å². The molecule has 0 saturated carbocycles. The summed E-state index contributed by atoms with van der Waals surface area (Å²) in [7, 11) is 1.20. The van der Waals surface area contributed by atoms with Crippen molar-refractivity contribution in [1.29, 1.82) is 0 Å². The van der Waals surface area contributed by atoms with E-state index in [2.05, 4.69) is 9.84 Å². The summed E-state index contributed by atoms with van der Waals surface area (Å²) in [6.45, 7) is -3.25. The maximum Gasteiger partial charge on any atom is 0.435 e. The first-order valence-electron chi connectivity index (χ1n) is 6.24. The standard InChI is InChI=1S/C13H9F6N3O2/c1-22-5-7(10(21-22)13(17,18)19)11(23)20-6-2-3-9(8(14)4-6)24-12(15)16/h2-5,12H,1H3,(H,20,23). The molecule has 2 aromatic rings. The number of carbonyl (C=O) groups is 1. The molecule has 0 fully saturated rings. The largest absolute Gasteiger partial charge is 0.435 e. The molecule has 0 radical (unpaired) electrons. The average Bonchev–Trinajstić information content (AvgIpc) is 2.84. The summed E-state index contributed by atoms with van der Waals surface area (Å²) in [5, 5.41) is 5.19. The van der Waals surface area contributed by atoms with Crippen LogP contribution in [0.15, 0.2) is 24.4 Å². The summed E-state index contributed by atoms with van der Waals surface area (Å²) in [4.78, 5) is 11.9. The lowest BCUT2D eigenvalue weighted by Gasteiger charge is -2.09. The molecule has 0 unspecified atom stereocenters. The van der Waals surface area contributed by atoms with Crippen molar-refractivity contribution in [2.75, 3.05) is 5.32 Å². The molecule has 0 atom stereocenters. The molecule has 130 valence electrons. The number of benzene rings is 1. The molecule has 1 aromatic carbocycles. The number of rotatable bonds is 4. The van der Waals surface area contributed by atoms with E-state index < -0.39 is 41.5 Å².